The molecule has 0 aliphatic heterocycles. The fourth-order valence-electron chi connectivity index (χ4n) is 8.76. The summed E-state index contributed by atoms with van der Waals surface area (Å²) in [5.41, 5.74) is 16.1. The molecule has 0 saturated carbocycles. The lowest BCUT2D eigenvalue weighted by Crippen LogP contribution is -2.25. The third kappa shape index (κ3) is 4.33. The smallest absolute Gasteiger partial charge is 0.168 e. The number of hydrogen-bond acceptors (Lipinski definition) is 3. The highest BCUT2D eigenvalue weighted by Crippen LogP contribution is 2.62. The first-order valence-electron chi connectivity index (χ1n) is 17.9. The predicted molar refractivity (Wildman–Crippen MR) is 213 cm³/mol. The maximum atomic E-state index is 5.34. The third-order valence-corrected chi connectivity index (χ3v) is 11.0. The van der Waals surface area contributed by atoms with Gasteiger partial charge in [-0.25, -0.2) is 9.97 Å². The Balaban J connectivity index is 1.16. The molecule has 0 fully saturated rings. The first-order valence-corrected chi connectivity index (χ1v) is 17.9. The van der Waals surface area contributed by atoms with E-state index in [0.717, 1.165) is 50.2 Å². The molecule has 0 saturated heterocycles. The molecular weight excluding hydrogens is 643 g/mol. The molecule has 3 heteroatoms. The molecule has 2 heterocycles. The molecule has 7 aromatic carbocycles. The molecule has 0 atom stereocenters. The Labute approximate surface area is 308 Å². The van der Waals surface area contributed by atoms with E-state index in [-0.39, 0.29) is 0 Å². The van der Waals surface area contributed by atoms with Gasteiger partial charge in [-0.1, -0.05) is 152 Å². The quantitative estimate of drug-likeness (QED) is 0.187. The third-order valence-electron chi connectivity index (χ3n) is 11.0. The van der Waals surface area contributed by atoms with Crippen molar-refractivity contribution in [3.8, 4) is 67.3 Å². The summed E-state index contributed by atoms with van der Waals surface area (Å²) in [5.74, 6) is 0.613. The van der Waals surface area contributed by atoms with E-state index in [1.165, 1.54) is 44.3 Å². The monoisotopic (exact) mass is 671 g/mol. The van der Waals surface area contributed by atoms with Gasteiger partial charge in [0.1, 0.15) is 0 Å². The number of benzene rings is 6. The first-order chi connectivity index (χ1) is 26.3. The summed E-state index contributed by atoms with van der Waals surface area (Å²) < 4.78 is 0. The maximum absolute atomic E-state index is 5.34. The van der Waals surface area contributed by atoms with Gasteiger partial charge in [0.05, 0.1) is 22.4 Å². The minimum absolute atomic E-state index is 0.492. The maximum Gasteiger partial charge on any atom is 0.168 e. The topological polar surface area (TPSA) is 38.7 Å². The molecule has 0 bridgehead atoms. The van der Waals surface area contributed by atoms with Crippen LogP contribution < -0.4 is 0 Å². The van der Waals surface area contributed by atoms with Crippen molar-refractivity contribution >= 4 is 10.8 Å². The molecule has 0 amide bonds. The number of hydrogen-bond donors (Lipinski definition) is 0. The zero-order chi connectivity index (χ0) is 34.9. The van der Waals surface area contributed by atoms with Crippen molar-refractivity contribution in [3.63, 3.8) is 0 Å². The van der Waals surface area contributed by atoms with Gasteiger partial charge in [0.2, 0.25) is 0 Å². The van der Waals surface area contributed by atoms with E-state index < -0.39 is 5.41 Å². The summed E-state index contributed by atoms with van der Waals surface area (Å²) in [4.78, 5) is 15.0. The van der Waals surface area contributed by atoms with Gasteiger partial charge in [0.15, 0.2) is 5.82 Å². The van der Waals surface area contributed by atoms with Crippen molar-refractivity contribution in [1.82, 2.24) is 15.0 Å². The molecule has 0 N–H and O–H groups in total. The molecule has 0 radical (unpaired) electrons. The Morgan fingerprint density at radius 1 is 0.434 bits per heavy atom. The Morgan fingerprint density at radius 3 is 1.85 bits per heavy atom. The predicted octanol–water partition coefficient (Wildman–Crippen LogP) is 11.6. The van der Waals surface area contributed by atoms with Crippen LogP contribution in [0.3, 0.4) is 0 Å². The summed E-state index contributed by atoms with van der Waals surface area (Å²) in [6.07, 6.45) is 3.70. The second-order valence-electron chi connectivity index (χ2n) is 13.8. The van der Waals surface area contributed by atoms with E-state index in [1.807, 2.05) is 12.3 Å². The molecule has 2 aromatic heterocycles. The molecular formula is C50H29N3. The SMILES string of the molecule is c1c(-c2nc(-c3cccc(-c4cccnc4)c3)cc(-c3cccc4ccccc34)n2)cc2c(c#1)-c1ccccc1C21c2ccccc2-c2ccccc21. The fourth-order valence-corrected chi connectivity index (χ4v) is 8.76. The second kappa shape index (κ2) is 11.4. The minimum atomic E-state index is -0.492. The van der Waals surface area contributed by atoms with Crippen LogP contribution in [0.4, 0.5) is 0 Å². The zero-order valence-electron chi connectivity index (χ0n) is 28.6. The molecule has 11 rings (SSSR count). The van der Waals surface area contributed by atoms with Gasteiger partial charge in [-0.15, -0.1) is 0 Å². The molecule has 1 spiro atoms. The average molecular weight is 672 g/mol. The Hall–Kier alpha value is -7.15. The van der Waals surface area contributed by atoms with Crippen molar-refractivity contribution in [2.24, 2.45) is 0 Å². The van der Waals surface area contributed by atoms with Crippen molar-refractivity contribution in [3.05, 3.63) is 211 Å². The van der Waals surface area contributed by atoms with Gasteiger partial charge in [-0.3, -0.25) is 4.98 Å². The van der Waals surface area contributed by atoms with Crippen LogP contribution in [0, 0.1) is 12.1 Å². The molecule has 9 aromatic rings. The molecule has 3 nitrogen and oxygen atoms in total. The summed E-state index contributed by atoms with van der Waals surface area (Å²) in [6, 6.07) is 65.6. The highest BCUT2D eigenvalue weighted by Gasteiger charge is 2.51. The largest absolute Gasteiger partial charge is 0.264 e. The van der Waals surface area contributed by atoms with Crippen molar-refractivity contribution in [2.75, 3.05) is 0 Å². The number of nitrogens with zero attached hydrogens (tertiary/aromatic N) is 3. The van der Waals surface area contributed by atoms with E-state index in [4.69, 9.17) is 9.97 Å². The Bertz CT molecular complexity index is 2840. The summed E-state index contributed by atoms with van der Waals surface area (Å²) in [5, 5.41) is 2.31. The highest BCUT2D eigenvalue weighted by atomic mass is 14.9. The minimum Gasteiger partial charge on any atom is -0.264 e. The Morgan fingerprint density at radius 2 is 1.06 bits per heavy atom. The van der Waals surface area contributed by atoms with Gasteiger partial charge >= 0.3 is 0 Å². The second-order valence-corrected chi connectivity index (χ2v) is 13.8. The fraction of sp³-hybridized carbons (Fsp3) is 0.0200. The van der Waals surface area contributed by atoms with E-state index in [1.54, 1.807) is 6.20 Å². The van der Waals surface area contributed by atoms with Crippen LogP contribution >= 0.6 is 0 Å². The van der Waals surface area contributed by atoms with E-state index in [0.29, 0.717) is 5.82 Å². The van der Waals surface area contributed by atoms with Crippen LogP contribution in [0.25, 0.3) is 78.1 Å². The summed E-state index contributed by atoms with van der Waals surface area (Å²) in [7, 11) is 0. The van der Waals surface area contributed by atoms with Crippen LogP contribution in [-0.2, 0) is 5.41 Å². The molecule has 2 aliphatic carbocycles. The average Bonchev–Trinajstić information content (AvgIpc) is 3.71. The standard InChI is InChI=1S/C50H29N3/c1-2-17-37-32(12-1)13-10-21-42(37)48-30-47(34-15-9-14-33(28-34)36-16-11-27-51-31-36)52-49(53-48)35-25-26-41-40-20-5-8-24-45(40)50(46(41)29-35)43-22-6-3-18-38(43)39-19-4-7-23-44(39)50/h1-24,27-31H. The number of pyridine rings is 1. The van der Waals surface area contributed by atoms with Gasteiger partial charge in [-0.05, 0) is 79.5 Å². The van der Waals surface area contributed by atoms with Crippen molar-refractivity contribution in [1.29, 1.82) is 0 Å². The highest BCUT2D eigenvalue weighted by molar-refractivity contribution is 5.97. The van der Waals surface area contributed by atoms with E-state index in [9.17, 15) is 0 Å². The van der Waals surface area contributed by atoms with Crippen LogP contribution in [0.2, 0.25) is 0 Å². The van der Waals surface area contributed by atoms with Gasteiger partial charge in [0.25, 0.3) is 0 Å². The van der Waals surface area contributed by atoms with E-state index >= 15 is 0 Å². The zero-order valence-corrected chi connectivity index (χ0v) is 28.6. The lowest BCUT2D eigenvalue weighted by Gasteiger charge is -2.30. The molecule has 0 unspecified atom stereocenters. The molecule has 53 heavy (non-hydrogen) atoms. The number of fused-ring (bicyclic) bond motifs is 11. The summed E-state index contributed by atoms with van der Waals surface area (Å²) >= 11 is 0. The van der Waals surface area contributed by atoms with E-state index in [2.05, 4.69) is 175 Å². The van der Waals surface area contributed by atoms with Crippen molar-refractivity contribution < 1.29 is 0 Å². The van der Waals surface area contributed by atoms with Gasteiger partial charge < -0.3 is 0 Å². The molecule has 244 valence electrons. The van der Waals surface area contributed by atoms with Crippen LogP contribution in [0.1, 0.15) is 22.3 Å². The summed E-state index contributed by atoms with van der Waals surface area (Å²) in [6.45, 7) is 0. The Kier molecular flexibility index (Phi) is 6.38. The number of aromatic nitrogens is 3. The van der Waals surface area contributed by atoms with Gasteiger partial charge in [-0.2, -0.15) is 0 Å². The lowest BCUT2D eigenvalue weighted by molar-refractivity contribution is 0.794. The first kappa shape index (κ1) is 29.6. The number of rotatable bonds is 4. The van der Waals surface area contributed by atoms with Gasteiger partial charge in [0, 0.05) is 34.6 Å². The van der Waals surface area contributed by atoms with Crippen molar-refractivity contribution in [2.45, 2.75) is 5.41 Å². The van der Waals surface area contributed by atoms with Crippen LogP contribution in [0.15, 0.2) is 176 Å². The normalized spacial score (nSPS) is 12.9. The van der Waals surface area contributed by atoms with Crippen LogP contribution in [0.5, 0.6) is 0 Å². The lowest BCUT2D eigenvalue weighted by atomic mass is 9.70. The van der Waals surface area contributed by atoms with Crippen LogP contribution in [-0.4, -0.2) is 15.0 Å². The molecule has 2 aliphatic rings.